The van der Waals surface area contributed by atoms with E-state index in [0.29, 0.717) is 0 Å². The molecule has 1 heterocycles. The molecule has 1 aromatic rings. The highest BCUT2D eigenvalue weighted by molar-refractivity contribution is 7.91. The summed E-state index contributed by atoms with van der Waals surface area (Å²) in [5.74, 6) is -1.13. The van der Waals surface area contributed by atoms with Crippen molar-refractivity contribution in [3.63, 3.8) is 0 Å². The highest BCUT2D eigenvalue weighted by Gasteiger charge is 2.32. The second-order valence-electron chi connectivity index (χ2n) is 4.91. The summed E-state index contributed by atoms with van der Waals surface area (Å²) in [6.07, 6.45) is -4.55. The number of nitrogens with zero attached hydrogens (tertiary/aromatic N) is 1. The van der Waals surface area contributed by atoms with E-state index in [2.05, 4.69) is 17.6 Å². The van der Waals surface area contributed by atoms with Crippen LogP contribution in [-0.2, 0) is 14.9 Å². The fourth-order valence-corrected chi connectivity index (χ4v) is 2.16. The van der Waals surface area contributed by atoms with E-state index in [-0.39, 0.29) is 11.4 Å². The molecule has 1 rings (SSSR count). The number of aliphatic hydroxyl groups excluding tert-OH is 4. The van der Waals surface area contributed by atoms with Crippen LogP contribution in [0, 0.1) is 0 Å². The standard InChI is InChI=1S/C11H19N3O9S2/c1-25(20,21)14-11-12-5(3-22-11)10(19)13-23-7(2-15)9(18)8(17)6(16)4-24/h3,6-9,15-18,24H,2,4H2,1H3,(H,12,14)(H,13,19). The van der Waals surface area contributed by atoms with Gasteiger partial charge in [0.2, 0.25) is 10.0 Å². The van der Waals surface area contributed by atoms with Crippen molar-refractivity contribution >= 4 is 34.6 Å². The molecule has 0 bridgehead atoms. The highest BCUT2D eigenvalue weighted by atomic mass is 32.2. The molecule has 25 heavy (non-hydrogen) atoms. The molecular formula is C11H19N3O9S2. The number of carbonyl (C=O) groups is 1. The third kappa shape index (κ3) is 6.77. The molecule has 0 fully saturated rings. The second kappa shape index (κ2) is 9.33. The average Bonchev–Trinajstić information content (AvgIpc) is 2.99. The number of aromatic nitrogens is 1. The molecule has 0 spiro atoms. The molecule has 0 aromatic carbocycles. The molecule has 12 nitrogen and oxygen atoms in total. The average molecular weight is 401 g/mol. The minimum absolute atomic E-state index is 0.155. The maximum atomic E-state index is 11.8. The van der Waals surface area contributed by atoms with Gasteiger partial charge in [0, 0.05) is 5.75 Å². The van der Waals surface area contributed by atoms with E-state index in [1.54, 1.807) is 0 Å². The van der Waals surface area contributed by atoms with E-state index in [9.17, 15) is 28.5 Å². The number of amides is 1. The summed E-state index contributed by atoms with van der Waals surface area (Å²) >= 11 is 3.75. The Kier molecular flexibility index (Phi) is 8.07. The van der Waals surface area contributed by atoms with Gasteiger partial charge in [-0.3, -0.25) is 9.63 Å². The van der Waals surface area contributed by atoms with Gasteiger partial charge < -0.3 is 24.8 Å². The van der Waals surface area contributed by atoms with Gasteiger partial charge in [-0.05, 0) is 0 Å². The fraction of sp³-hybridized carbons (Fsp3) is 0.636. The van der Waals surface area contributed by atoms with Crippen molar-refractivity contribution in [2.75, 3.05) is 23.3 Å². The molecular weight excluding hydrogens is 382 g/mol. The summed E-state index contributed by atoms with van der Waals surface area (Å²) in [5, 5.41) is 38.0. The SMILES string of the molecule is CS(=O)(=O)Nc1nc(C(=O)NOC(CO)C(O)C(O)C(O)CS)co1. The zero-order chi connectivity index (χ0) is 19.2. The van der Waals surface area contributed by atoms with E-state index in [1.807, 2.05) is 10.2 Å². The summed E-state index contributed by atoms with van der Waals surface area (Å²) in [6.45, 7) is -0.794. The first-order valence-electron chi connectivity index (χ1n) is 6.74. The first-order valence-corrected chi connectivity index (χ1v) is 9.26. The van der Waals surface area contributed by atoms with Gasteiger partial charge >= 0.3 is 6.01 Å². The topological polar surface area (TPSA) is 191 Å². The molecule has 0 saturated carbocycles. The Hall–Kier alpha value is -1.42. The number of hydrogen-bond donors (Lipinski definition) is 7. The third-order valence-corrected chi connectivity index (χ3v) is 3.72. The lowest BCUT2D eigenvalue weighted by Gasteiger charge is -2.27. The lowest BCUT2D eigenvalue weighted by Crippen LogP contribution is -2.49. The van der Waals surface area contributed by atoms with Gasteiger partial charge in [-0.15, -0.1) is 0 Å². The van der Waals surface area contributed by atoms with Crippen LogP contribution in [0.25, 0.3) is 0 Å². The van der Waals surface area contributed by atoms with Gasteiger partial charge in [0.15, 0.2) is 5.69 Å². The number of oxazole rings is 1. The Balaban J connectivity index is 2.64. The summed E-state index contributed by atoms with van der Waals surface area (Å²) in [5.41, 5.74) is 1.49. The minimum atomic E-state index is -3.64. The van der Waals surface area contributed by atoms with Crippen LogP contribution in [0.3, 0.4) is 0 Å². The van der Waals surface area contributed by atoms with E-state index >= 15 is 0 Å². The number of thiol groups is 1. The Morgan fingerprint density at radius 3 is 2.56 bits per heavy atom. The molecule has 0 saturated heterocycles. The normalized spacial score (nSPS) is 16.7. The van der Waals surface area contributed by atoms with Crippen LogP contribution in [0.5, 0.6) is 0 Å². The lowest BCUT2D eigenvalue weighted by molar-refractivity contribution is -0.147. The molecule has 1 amide bonds. The van der Waals surface area contributed by atoms with E-state index < -0.39 is 53.0 Å². The molecule has 1 aromatic heterocycles. The maximum absolute atomic E-state index is 11.8. The van der Waals surface area contributed by atoms with Gasteiger partial charge in [0.05, 0.1) is 19.0 Å². The zero-order valence-corrected chi connectivity index (χ0v) is 14.6. The molecule has 0 aliphatic rings. The summed E-state index contributed by atoms with van der Waals surface area (Å²) < 4.78 is 28.7. The molecule has 0 aliphatic heterocycles. The maximum Gasteiger partial charge on any atom is 0.309 e. The molecule has 144 valence electrons. The highest BCUT2D eigenvalue weighted by Crippen LogP contribution is 2.11. The van der Waals surface area contributed by atoms with Crippen LogP contribution in [-0.4, -0.2) is 82.8 Å². The van der Waals surface area contributed by atoms with E-state index in [4.69, 9.17) is 14.4 Å². The smallest absolute Gasteiger partial charge is 0.309 e. The summed E-state index contributed by atoms with van der Waals surface area (Å²) in [4.78, 5) is 20.1. The molecule has 0 radical (unpaired) electrons. The van der Waals surface area contributed by atoms with Crippen molar-refractivity contribution in [3.05, 3.63) is 12.0 Å². The molecule has 4 atom stereocenters. The molecule has 4 unspecified atom stereocenters. The van der Waals surface area contributed by atoms with Crippen molar-refractivity contribution in [2.45, 2.75) is 24.4 Å². The molecule has 6 N–H and O–H groups in total. The van der Waals surface area contributed by atoms with Gasteiger partial charge in [0.1, 0.15) is 24.6 Å². The number of sulfonamides is 1. The number of nitrogens with one attached hydrogen (secondary N) is 2. The van der Waals surface area contributed by atoms with Crippen molar-refractivity contribution < 1.29 is 42.9 Å². The van der Waals surface area contributed by atoms with Crippen LogP contribution < -0.4 is 10.2 Å². The van der Waals surface area contributed by atoms with Crippen LogP contribution in [0.2, 0.25) is 0 Å². The number of hydroxylamine groups is 1. The van der Waals surface area contributed by atoms with Gasteiger partial charge in [-0.2, -0.15) is 17.6 Å². The Morgan fingerprint density at radius 1 is 1.40 bits per heavy atom. The van der Waals surface area contributed by atoms with E-state index in [1.165, 1.54) is 0 Å². The van der Waals surface area contributed by atoms with Crippen molar-refractivity contribution in [1.82, 2.24) is 10.5 Å². The van der Waals surface area contributed by atoms with Crippen molar-refractivity contribution in [1.29, 1.82) is 0 Å². The predicted octanol–water partition coefficient (Wildman–Crippen LogP) is -2.92. The van der Waals surface area contributed by atoms with Crippen LogP contribution >= 0.6 is 12.6 Å². The van der Waals surface area contributed by atoms with Crippen molar-refractivity contribution in [2.24, 2.45) is 0 Å². The third-order valence-electron chi connectivity index (χ3n) is 2.80. The van der Waals surface area contributed by atoms with E-state index in [0.717, 1.165) is 12.5 Å². The predicted molar refractivity (Wildman–Crippen MR) is 86.3 cm³/mol. The second-order valence-corrected chi connectivity index (χ2v) is 7.03. The van der Waals surface area contributed by atoms with Gasteiger partial charge in [-0.1, -0.05) is 0 Å². The first-order chi connectivity index (χ1) is 11.6. The number of carbonyl (C=O) groups excluding carboxylic acids is 1. The van der Waals surface area contributed by atoms with Crippen molar-refractivity contribution in [3.8, 4) is 0 Å². The number of hydrogen-bond acceptors (Lipinski definition) is 11. The lowest BCUT2D eigenvalue weighted by atomic mass is 10.0. The Morgan fingerprint density at radius 2 is 2.04 bits per heavy atom. The summed E-state index contributed by atoms with van der Waals surface area (Å²) in [6, 6.07) is -0.446. The molecule has 0 aliphatic carbocycles. The molecule has 14 heteroatoms. The zero-order valence-electron chi connectivity index (χ0n) is 12.9. The first kappa shape index (κ1) is 21.6. The number of aliphatic hydroxyl groups is 4. The van der Waals surface area contributed by atoms with Crippen LogP contribution in [0.4, 0.5) is 6.01 Å². The van der Waals surface area contributed by atoms with Crippen LogP contribution in [0.15, 0.2) is 10.7 Å². The minimum Gasteiger partial charge on any atom is -0.431 e. The van der Waals surface area contributed by atoms with Gasteiger partial charge in [0.25, 0.3) is 5.91 Å². The Labute approximate surface area is 148 Å². The summed E-state index contributed by atoms with van der Waals surface area (Å²) in [7, 11) is -3.64. The quantitative estimate of drug-likeness (QED) is 0.158. The Bertz CT molecular complexity index is 666. The number of anilines is 1. The number of rotatable bonds is 10. The monoisotopic (exact) mass is 401 g/mol. The van der Waals surface area contributed by atoms with Crippen LogP contribution in [0.1, 0.15) is 10.5 Å². The fourth-order valence-electron chi connectivity index (χ4n) is 1.54. The largest absolute Gasteiger partial charge is 0.431 e. The van der Waals surface area contributed by atoms with Gasteiger partial charge in [-0.25, -0.2) is 18.6 Å².